The Morgan fingerprint density at radius 1 is 1.47 bits per heavy atom. The van der Waals surface area contributed by atoms with Gasteiger partial charge in [-0.05, 0) is 24.3 Å². The summed E-state index contributed by atoms with van der Waals surface area (Å²) in [6.45, 7) is 0.0182. The third-order valence-electron chi connectivity index (χ3n) is 2.25. The fraction of sp³-hybridized carbons (Fsp3) is 0.167. The number of amides is 1. The quantitative estimate of drug-likeness (QED) is 0.911. The first-order valence-corrected chi connectivity index (χ1v) is 5.41. The Morgan fingerprint density at radius 2 is 2.29 bits per heavy atom. The number of benzene rings is 1. The molecule has 1 aromatic carbocycles. The van der Waals surface area contributed by atoms with Crippen molar-refractivity contribution in [1.29, 1.82) is 0 Å². The molecule has 1 heterocycles. The van der Waals surface area contributed by atoms with Gasteiger partial charge in [-0.2, -0.15) is 0 Å². The molecule has 1 amide bonds. The molecule has 1 aromatic heterocycles. The summed E-state index contributed by atoms with van der Waals surface area (Å²) in [5.74, 6) is -0.208. The molecule has 0 saturated heterocycles. The van der Waals surface area contributed by atoms with Crippen LogP contribution in [0.25, 0.3) is 10.9 Å². The number of nitrogens with one attached hydrogen (secondary N) is 1. The fourth-order valence-electron chi connectivity index (χ4n) is 1.54. The van der Waals surface area contributed by atoms with E-state index in [2.05, 4.69) is 10.3 Å². The van der Waals surface area contributed by atoms with Crippen LogP contribution in [0.15, 0.2) is 30.5 Å². The Morgan fingerprint density at radius 3 is 3.06 bits per heavy atom. The van der Waals surface area contributed by atoms with Crippen LogP contribution in [0, 0.1) is 0 Å². The van der Waals surface area contributed by atoms with E-state index in [1.807, 2.05) is 6.07 Å². The molecule has 0 atom stereocenters. The smallest absolute Gasteiger partial charge is 0.250 e. The summed E-state index contributed by atoms with van der Waals surface area (Å²) in [7, 11) is 1.47. The summed E-state index contributed by atoms with van der Waals surface area (Å²) in [5, 5.41) is 4.16. The largest absolute Gasteiger partial charge is 0.375 e. The number of nitrogens with zero attached hydrogens (tertiary/aromatic N) is 1. The lowest BCUT2D eigenvalue weighted by Crippen LogP contribution is -2.17. The zero-order valence-electron chi connectivity index (χ0n) is 9.24. The van der Waals surface area contributed by atoms with Crippen molar-refractivity contribution in [2.24, 2.45) is 0 Å². The molecule has 2 aromatic rings. The number of fused-ring (bicyclic) bond motifs is 1. The molecule has 0 aliphatic heterocycles. The SMILES string of the molecule is COCC(=O)Nc1ccnc2ccc(Cl)cc12. The third-order valence-corrected chi connectivity index (χ3v) is 2.49. The summed E-state index contributed by atoms with van der Waals surface area (Å²) >= 11 is 5.92. The Bertz CT molecular complexity index is 557. The topological polar surface area (TPSA) is 51.2 Å². The van der Waals surface area contributed by atoms with Crippen molar-refractivity contribution >= 4 is 34.1 Å². The van der Waals surface area contributed by atoms with E-state index in [-0.39, 0.29) is 12.5 Å². The summed E-state index contributed by atoms with van der Waals surface area (Å²) in [6, 6.07) is 7.07. The van der Waals surface area contributed by atoms with Gasteiger partial charge in [0.05, 0.1) is 11.2 Å². The van der Waals surface area contributed by atoms with E-state index in [1.165, 1.54) is 7.11 Å². The van der Waals surface area contributed by atoms with Gasteiger partial charge in [0.15, 0.2) is 0 Å². The van der Waals surface area contributed by atoms with Gasteiger partial charge in [-0.1, -0.05) is 11.6 Å². The number of carbonyl (C=O) groups excluding carboxylic acids is 1. The molecule has 17 heavy (non-hydrogen) atoms. The van der Waals surface area contributed by atoms with Crippen LogP contribution in [0.3, 0.4) is 0 Å². The number of halogens is 1. The molecule has 1 N–H and O–H groups in total. The molecule has 0 aliphatic rings. The number of rotatable bonds is 3. The van der Waals surface area contributed by atoms with Crippen molar-refractivity contribution in [1.82, 2.24) is 4.98 Å². The first kappa shape index (κ1) is 11.8. The summed E-state index contributed by atoms with van der Waals surface area (Å²) in [4.78, 5) is 15.6. The molecular formula is C12H11ClN2O2. The molecule has 5 heteroatoms. The molecule has 0 saturated carbocycles. The highest BCUT2D eigenvalue weighted by atomic mass is 35.5. The lowest BCUT2D eigenvalue weighted by Gasteiger charge is -2.07. The van der Waals surface area contributed by atoms with Crippen LogP contribution in [-0.2, 0) is 9.53 Å². The Labute approximate surface area is 104 Å². The van der Waals surface area contributed by atoms with Gasteiger partial charge in [0, 0.05) is 23.7 Å². The second-order valence-electron chi connectivity index (χ2n) is 3.50. The van der Waals surface area contributed by atoms with E-state index in [0.29, 0.717) is 10.7 Å². The average molecular weight is 251 g/mol. The summed E-state index contributed by atoms with van der Waals surface area (Å²) in [6.07, 6.45) is 1.64. The van der Waals surface area contributed by atoms with E-state index < -0.39 is 0 Å². The van der Waals surface area contributed by atoms with Gasteiger partial charge in [0.1, 0.15) is 6.61 Å². The third kappa shape index (κ3) is 2.72. The zero-order chi connectivity index (χ0) is 12.3. The van der Waals surface area contributed by atoms with Crippen LogP contribution >= 0.6 is 11.6 Å². The van der Waals surface area contributed by atoms with Crippen LogP contribution in [0.2, 0.25) is 5.02 Å². The molecule has 0 aliphatic carbocycles. The van der Waals surface area contributed by atoms with Crippen LogP contribution in [0.5, 0.6) is 0 Å². The molecular weight excluding hydrogens is 240 g/mol. The van der Waals surface area contributed by atoms with Crippen LogP contribution in [-0.4, -0.2) is 24.6 Å². The maximum Gasteiger partial charge on any atom is 0.250 e. The Kier molecular flexibility index (Phi) is 3.56. The monoisotopic (exact) mass is 250 g/mol. The van der Waals surface area contributed by atoms with E-state index in [9.17, 15) is 4.79 Å². The van der Waals surface area contributed by atoms with E-state index in [1.54, 1.807) is 24.4 Å². The molecule has 0 bridgehead atoms. The fourth-order valence-corrected chi connectivity index (χ4v) is 1.72. The van der Waals surface area contributed by atoms with Crippen molar-refractivity contribution < 1.29 is 9.53 Å². The highest BCUT2D eigenvalue weighted by Gasteiger charge is 2.06. The first-order chi connectivity index (χ1) is 8.20. The number of ether oxygens (including phenoxy) is 1. The number of hydrogen-bond acceptors (Lipinski definition) is 3. The minimum atomic E-state index is -0.208. The second kappa shape index (κ2) is 5.12. The van der Waals surface area contributed by atoms with Crippen LogP contribution < -0.4 is 5.32 Å². The second-order valence-corrected chi connectivity index (χ2v) is 3.94. The van der Waals surface area contributed by atoms with Crippen LogP contribution in [0.4, 0.5) is 5.69 Å². The standard InChI is InChI=1S/C12H11ClN2O2/c1-17-7-12(16)15-11-4-5-14-10-3-2-8(13)6-9(10)11/h2-6H,7H2,1H3,(H,14,15,16). The number of aromatic nitrogens is 1. The Hall–Kier alpha value is -1.65. The highest BCUT2D eigenvalue weighted by molar-refractivity contribution is 6.31. The zero-order valence-corrected chi connectivity index (χ0v) is 9.99. The first-order valence-electron chi connectivity index (χ1n) is 5.04. The predicted molar refractivity (Wildman–Crippen MR) is 67.3 cm³/mol. The highest BCUT2D eigenvalue weighted by Crippen LogP contribution is 2.24. The van der Waals surface area contributed by atoms with Gasteiger partial charge in [0.2, 0.25) is 5.91 Å². The maximum atomic E-state index is 11.5. The van der Waals surface area contributed by atoms with Gasteiger partial charge in [-0.3, -0.25) is 9.78 Å². The van der Waals surface area contributed by atoms with Gasteiger partial charge >= 0.3 is 0 Å². The molecule has 0 radical (unpaired) electrons. The van der Waals surface area contributed by atoms with Crippen molar-refractivity contribution in [2.45, 2.75) is 0 Å². The predicted octanol–water partition coefficient (Wildman–Crippen LogP) is 2.47. The van der Waals surface area contributed by atoms with Gasteiger partial charge in [0.25, 0.3) is 0 Å². The van der Waals surface area contributed by atoms with Gasteiger partial charge in [-0.15, -0.1) is 0 Å². The van der Waals surface area contributed by atoms with E-state index >= 15 is 0 Å². The van der Waals surface area contributed by atoms with E-state index in [0.717, 1.165) is 10.9 Å². The van der Waals surface area contributed by atoms with Gasteiger partial charge in [-0.25, -0.2) is 0 Å². The summed E-state index contributed by atoms with van der Waals surface area (Å²) in [5.41, 5.74) is 1.46. The van der Waals surface area contributed by atoms with Crippen molar-refractivity contribution in [3.8, 4) is 0 Å². The van der Waals surface area contributed by atoms with E-state index in [4.69, 9.17) is 16.3 Å². The summed E-state index contributed by atoms with van der Waals surface area (Å²) < 4.78 is 4.76. The minimum Gasteiger partial charge on any atom is -0.375 e. The number of methoxy groups -OCH3 is 1. The van der Waals surface area contributed by atoms with Crippen LogP contribution in [0.1, 0.15) is 0 Å². The lowest BCUT2D eigenvalue weighted by atomic mass is 10.2. The number of carbonyl (C=O) groups is 1. The maximum absolute atomic E-state index is 11.5. The molecule has 0 unspecified atom stereocenters. The van der Waals surface area contributed by atoms with Gasteiger partial charge < -0.3 is 10.1 Å². The minimum absolute atomic E-state index is 0.0182. The molecule has 0 fully saturated rings. The Balaban J connectivity index is 2.39. The molecule has 4 nitrogen and oxygen atoms in total. The number of anilines is 1. The molecule has 2 rings (SSSR count). The normalized spacial score (nSPS) is 10.5. The van der Waals surface area contributed by atoms with Crippen molar-refractivity contribution in [2.75, 3.05) is 19.0 Å². The molecule has 88 valence electrons. The average Bonchev–Trinajstić information content (AvgIpc) is 2.30. The van der Waals surface area contributed by atoms with Crippen molar-refractivity contribution in [3.05, 3.63) is 35.5 Å². The molecule has 0 spiro atoms. The lowest BCUT2D eigenvalue weighted by molar-refractivity contribution is -0.119. The van der Waals surface area contributed by atoms with Crippen molar-refractivity contribution in [3.63, 3.8) is 0 Å². The number of hydrogen-bond donors (Lipinski definition) is 1. The number of pyridine rings is 1.